The first-order chi connectivity index (χ1) is 13.4. The maximum atomic E-state index is 12.9. The van der Waals surface area contributed by atoms with E-state index in [1.54, 1.807) is 12.1 Å². The molecular formula is C20H17FN2O5. The Bertz CT molecular complexity index is 907. The molecule has 0 bridgehead atoms. The van der Waals surface area contributed by atoms with E-state index in [0.29, 0.717) is 5.56 Å². The summed E-state index contributed by atoms with van der Waals surface area (Å²) in [5, 5.41) is 2.56. The zero-order valence-corrected chi connectivity index (χ0v) is 15.0. The summed E-state index contributed by atoms with van der Waals surface area (Å²) < 4.78 is 17.9. The Hall–Kier alpha value is -3.55. The van der Waals surface area contributed by atoms with Gasteiger partial charge in [-0.1, -0.05) is 24.3 Å². The highest BCUT2D eigenvalue weighted by atomic mass is 19.1. The fraction of sp³-hybridized carbons (Fsp3) is 0.200. The number of ether oxygens (including phenoxy) is 1. The predicted octanol–water partition coefficient (Wildman–Crippen LogP) is 1.67. The number of hydrogen-bond donors (Lipinski definition) is 1. The Morgan fingerprint density at radius 3 is 2.18 bits per heavy atom. The van der Waals surface area contributed by atoms with Gasteiger partial charge in [-0.2, -0.15) is 0 Å². The van der Waals surface area contributed by atoms with E-state index >= 15 is 0 Å². The molecule has 0 aliphatic carbocycles. The molecular weight excluding hydrogens is 367 g/mol. The smallest absolute Gasteiger partial charge is 0.326 e. The first kappa shape index (κ1) is 19.2. The van der Waals surface area contributed by atoms with E-state index < -0.39 is 36.3 Å². The number of hydrogen-bond acceptors (Lipinski definition) is 5. The van der Waals surface area contributed by atoms with E-state index in [-0.39, 0.29) is 23.5 Å². The number of carbonyl (C=O) groups is 4. The van der Waals surface area contributed by atoms with Crippen molar-refractivity contribution in [2.75, 3.05) is 6.54 Å². The average Bonchev–Trinajstić information content (AvgIpc) is 2.92. The quantitative estimate of drug-likeness (QED) is 0.604. The summed E-state index contributed by atoms with van der Waals surface area (Å²) in [4.78, 5) is 49.4. The SMILES string of the molecule is C[C@@H](OC(=O)CN1C(=O)c2ccccc2C1=O)C(=O)NCc1ccc(F)cc1. The van der Waals surface area contributed by atoms with E-state index in [4.69, 9.17) is 4.74 Å². The van der Waals surface area contributed by atoms with Gasteiger partial charge < -0.3 is 10.1 Å². The molecule has 3 amide bonds. The van der Waals surface area contributed by atoms with E-state index in [0.717, 1.165) is 4.90 Å². The summed E-state index contributed by atoms with van der Waals surface area (Å²) in [5.41, 5.74) is 1.13. The second-order valence-corrected chi connectivity index (χ2v) is 6.22. The third-order valence-electron chi connectivity index (χ3n) is 4.22. The number of fused-ring (bicyclic) bond motifs is 1. The molecule has 0 aromatic heterocycles. The molecule has 8 heteroatoms. The van der Waals surface area contributed by atoms with Crippen molar-refractivity contribution in [1.29, 1.82) is 0 Å². The number of nitrogens with one attached hydrogen (secondary N) is 1. The summed E-state index contributed by atoms with van der Waals surface area (Å²) in [5.74, 6) is -2.97. The van der Waals surface area contributed by atoms with Crippen LogP contribution in [0.3, 0.4) is 0 Å². The number of amides is 3. The highest BCUT2D eigenvalue weighted by molar-refractivity contribution is 6.22. The number of nitrogens with zero attached hydrogens (tertiary/aromatic N) is 1. The van der Waals surface area contributed by atoms with Crippen LogP contribution in [0.1, 0.15) is 33.2 Å². The van der Waals surface area contributed by atoms with Crippen LogP contribution < -0.4 is 5.32 Å². The van der Waals surface area contributed by atoms with Gasteiger partial charge in [0, 0.05) is 6.54 Å². The first-order valence-electron chi connectivity index (χ1n) is 8.53. The third kappa shape index (κ3) is 4.06. The molecule has 28 heavy (non-hydrogen) atoms. The van der Waals surface area contributed by atoms with E-state index in [1.807, 2.05) is 0 Å². The van der Waals surface area contributed by atoms with Crippen LogP contribution in [-0.4, -0.2) is 41.2 Å². The first-order valence-corrected chi connectivity index (χ1v) is 8.53. The summed E-state index contributed by atoms with van der Waals surface area (Å²) >= 11 is 0. The molecule has 0 spiro atoms. The lowest BCUT2D eigenvalue weighted by molar-refractivity contribution is -0.155. The average molecular weight is 384 g/mol. The molecule has 2 aromatic rings. The maximum absolute atomic E-state index is 12.9. The fourth-order valence-corrected chi connectivity index (χ4v) is 2.73. The lowest BCUT2D eigenvalue weighted by atomic mass is 10.1. The Kier molecular flexibility index (Phi) is 5.49. The highest BCUT2D eigenvalue weighted by Crippen LogP contribution is 2.22. The van der Waals surface area contributed by atoms with Gasteiger partial charge in [0.05, 0.1) is 11.1 Å². The molecule has 1 aliphatic rings. The largest absolute Gasteiger partial charge is 0.451 e. The van der Waals surface area contributed by atoms with Crippen molar-refractivity contribution in [3.05, 3.63) is 71.0 Å². The molecule has 0 radical (unpaired) electrons. The molecule has 1 N–H and O–H groups in total. The minimum atomic E-state index is -1.12. The van der Waals surface area contributed by atoms with Gasteiger partial charge in [-0.25, -0.2) is 4.39 Å². The second-order valence-electron chi connectivity index (χ2n) is 6.22. The topological polar surface area (TPSA) is 92.8 Å². The van der Waals surface area contributed by atoms with Crippen LogP contribution in [0.2, 0.25) is 0 Å². The number of imide groups is 1. The van der Waals surface area contributed by atoms with Gasteiger partial charge in [-0.15, -0.1) is 0 Å². The normalized spacial score (nSPS) is 13.9. The Labute approximate surface area is 160 Å². The fourth-order valence-electron chi connectivity index (χ4n) is 2.73. The van der Waals surface area contributed by atoms with E-state index in [9.17, 15) is 23.6 Å². The number of rotatable bonds is 6. The van der Waals surface area contributed by atoms with E-state index in [2.05, 4.69) is 5.32 Å². The monoisotopic (exact) mass is 384 g/mol. The van der Waals surface area contributed by atoms with Crippen LogP contribution in [0, 0.1) is 5.82 Å². The summed E-state index contributed by atoms with van der Waals surface area (Å²) in [6.07, 6.45) is -1.12. The van der Waals surface area contributed by atoms with Gasteiger partial charge in [-0.05, 0) is 36.8 Å². The van der Waals surface area contributed by atoms with Crippen molar-refractivity contribution in [3.8, 4) is 0 Å². The van der Waals surface area contributed by atoms with Crippen molar-refractivity contribution >= 4 is 23.7 Å². The van der Waals surface area contributed by atoms with Gasteiger partial charge in [0.25, 0.3) is 17.7 Å². The summed E-state index contributed by atoms with van der Waals surface area (Å²) in [6, 6.07) is 11.8. The van der Waals surface area contributed by atoms with Crippen molar-refractivity contribution in [2.24, 2.45) is 0 Å². The Morgan fingerprint density at radius 1 is 1.04 bits per heavy atom. The molecule has 2 aromatic carbocycles. The number of carbonyl (C=O) groups excluding carboxylic acids is 4. The molecule has 144 valence electrons. The molecule has 1 atom stereocenters. The number of benzene rings is 2. The highest BCUT2D eigenvalue weighted by Gasteiger charge is 2.37. The lowest BCUT2D eigenvalue weighted by Gasteiger charge is -2.16. The van der Waals surface area contributed by atoms with Crippen LogP contribution in [0.15, 0.2) is 48.5 Å². The van der Waals surface area contributed by atoms with Crippen molar-refractivity contribution in [3.63, 3.8) is 0 Å². The molecule has 0 saturated heterocycles. The van der Waals surface area contributed by atoms with Crippen LogP contribution in [0.25, 0.3) is 0 Å². The predicted molar refractivity (Wildman–Crippen MR) is 95.6 cm³/mol. The third-order valence-corrected chi connectivity index (χ3v) is 4.22. The standard InChI is InChI=1S/C20H17FN2O5/c1-12(18(25)22-10-13-6-8-14(21)9-7-13)28-17(24)11-23-19(26)15-4-2-3-5-16(15)20(23)27/h2-9,12H,10-11H2,1H3,(H,22,25)/t12-/m1/s1. The minimum absolute atomic E-state index is 0.138. The van der Waals surface area contributed by atoms with Crippen molar-refractivity contribution in [1.82, 2.24) is 10.2 Å². The number of halogens is 1. The zero-order valence-electron chi connectivity index (χ0n) is 15.0. The van der Waals surface area contributed by atoms with Crippen LogP contribution in [0.4, 0.5) is 4.39 Å². The minimum Gasteiger partial charge on any atom is -0.451 e. The van der Waals surface area contributed by atoms with Crippen LogP contribution in [0.5, 0.6) is 0 Å². The van der Waals surface area contributed by atoms with Gasteiger partial charge in [0.2, 0.25) is 0 Å². The zero-order chi connectivity index (χ0) is 20.3. The van der Waals surface area contributed by atoms with E-state index in [1.165, 1.54) is 43.3 Å². The lowest BCUT2D eigenvalue weighted by Crippen LogP contribution is -2.40. The molecule has 3 rings (SSSR count). The van der Waals surface area contributed by atoms with Crippen LogP contribution >= 0.6 is 0 Å². The van der Waals surface area contributed by atoms with Gasteiger partial charge in [-0.3, -0.25) is 24.1 Å². The molecule has 1 aliphatic heterocycles. The van der Waals surface area contributed by atoms with Gasteiger partial charge in [0.1, 0.15) is 12.4 Å². The maximum Gasteiger partial charge on any atom is 0.326 e. The number of esters is 1. The summed E-state index contributed by atoms with van der Waals surface area (Å²) in [7, 11) is 0. The van der Waals surface area contributed by atoms with Gasteiger partial charge in [0.15, 0.2) is 6.10 Å². The second kappa shape index (κ2) is 7.99. The Balaban J connectivity index is 1.52. The molecule has 1 heterocycles. The molecule has 0 saturated carbocycles. The molecule has 0 fully saturated rings. The Morgan fingerprint density at radius 2 is 1.61 bits per heavy atom. The molecule has 0 unspecified atom stereocenters. The molecule has 7 nitrogen and oxygen atoms in total. The van der Waals surface area contributed by atoms with Crippen molar-refractivity contribution in [2.45, 2.75) is 19.6 Å². The van der Waals surface area contributed by atoms with Gasteiger partial charge >= 0.3 is 5.97 Å². The summed E-state index contributed by atoms with van der Waals surface area (Å²) in [6.45, 7) is 0.932. The van der Waals surface area contributed by atoms with Crippen LogP contribution in [-0.2, 0) is 20.9 Å². The van der Waals surface area contributed by atoms with Crippen molar-refractivity contribution < 1.29 is 28.3 Å².